The third kappa shape index (κ3) is 3.53. The largest absolute Gasteiger partial charge is 0.460 e. The van der Waals surface area contributed by atoms with Crippen molar-refractivity contribution in [3.8, 4) is 0 Å². The normalized spacial score (nSPS) is 21.4. The zero-order valence-corrected chi connectivity index (χ0v) is 13.2. The van der Waals surface area contributed by atoms with Crippen LogP contribution >= 0.6 is 15.9 Å². The summed E-state index contributed by atoms with van der Waals surface area (Å²) in [4.78, 5) is 12.1. The second-order valence-corrected chi connectivity index (χ2v) is 6.24. The molecule has 1 aromatic heterocycles. The highest BCUT2D eigenvalue weighted by atomic mass is 79.9. The smallest absolute Gasteiger partial charge is 0.310 e. The molecule has 1 aromatic carbocycles. The molecule has 0 saturated heterocycles. The first kappa shape index (κ1) is 14.3. The number of ether oxygens (including phenoxy) is 1. The first-order chi connectivity index (χ1) is 10.2. The van der Waals surface area contributed by atoms with Gasteiger partial charge in [-0.25, -0.2) is 0 Å². The van der Waals surface area contributed by atoms with Crippen molar-refractivity contribution in [2.45, 2.75) is 37.8 Å². The fourth-order valence-electron chi connectivity index (χ4n) is 2.85. The Morgan fingerprint density at radius 1 is 1.38 bits per heavy atom. The molecule has 4 nitrogen and oxygen atoms in total. The summed E-state index contributed by atoms with van der Waals surface area (Å²) in [6.45, 7) is 0. The van der Waals surface area contributed by atoms with E-state index in [-0.39, 0.29) is 18.1 Å². The van der Waals surface area contributed by atoms with Crippen LogP contribution in [0, 0.1) is 0 Å². The van der Waals surface area contributed by atoms with Crippen LogP contribution in [0.15, 0.2) is 47.2 Å². The molecule has 1 aliphatic carbocycles. The van der Waals surface area contributed by atoms with Crippen LogP contribution in [0.1, 0.15) is 30.9 Å². The van der Waals surface area contributed by atoms with Gasteiger partial charge in [-0.2, -0.15) is 5.10 Å². The van der Waals surface area contributed by atoms with Crippen molar-refractivity contribution in [1.82, 2.24) is 9.78 Å². The first-order valence-corrected chi connectivity index (χ1v) is 7.95. The Kier molecular flexibility index (Phi) is 4.39. The van der Waals surface area contributed by atoms with E-state index in [0.29, 0.717) is 6.42 Å². The fourth-order valence-corrected chi connectivity index (χ4v) is 3.29. The van der Waals surface area contributed by atoms with Crippen molar-refractivity contribution in [2.75, 3.05) is 0 Å². The Balaban J connectivity index is 1.62. The molecule has 0 amide bonds. The van der Waals surface area contributed by atoms with E-state index in [2.05, 4.69) is 21.0 Å². The molecule has 1 fully saturated rings. The predicted octanol–water partition coefficient (Wildman–Crippen LogP) is 3.53. The highest BCUT2D eigenvalue weighted by Crippen LogP contribution is 2.32. The average molecular weight is 349 g/mol. The van der Waals surface area contributed by atoms with Crippen molar-refractivity contribution < 1.29 is 9.53 Å². The summed E-state index contributed by atoms with van der Waals surface area (Å²) in [5, 5.41) is 4.27. The molecule has 110 valence electrons. The lowest BCUT2D eigenvalue weighted by molar-refractivity contribution is -0.149. The lowest BCUT2D eigenvalue weighted by Gasteiger charge is -2.20. The van der Waals surface area contributed by atoms with E-state index in [4.69, 9.17) is 4.74 Å². The summed E-state index contributed by atoms with van der Waals surface area (Å²) in [7, 11) is 0. The van der Waals surface area contributed by atoms with Gasteiger partial charge in [-0.15, -0.1) is 0 Å². The monoisotopic (exact) mass is 348 g/mol. The molecule has 1 heterocycles. The van der Waals surface area contributed by atoms with Gasteiger partial charge in [0, 0.05) is 16.9 Å². The summed E-state index contributed by atoms with van der Waals surface area (Å²) >= 11 is 3.41. The van der Waals surface area contributed by atoms with E-state index < -0.39 is 0 Å². The van der Waals surface area contributed by atoms with Crippen LogP contribution in [-0.2, 0) is 16.0 Å². The molecule has 0 aliphatic heterocycles. The van der Waals surface area contributed by atoms with E-state index in [1.807, 2.05) is 41.2 Å². The van der Waals surface area contributed by atoms with Gasteiger partial charge in [0.25, 0.3) is 0 Å². The van der Waals surface area contributed by atoms with Gasteiger partial charge in [0.05, 0.1) is 12.5 Å². The van der Waals surface area contributed by atoms with Crippen LogP contribution in [0.4, 0.5) is 0 Å². The van der Waals surface area contributed by atoms with Gasteiger partial charge in [-0.05, 0) is 43.0 Å². The molecule has 1 saturated carbocycles. The van der Waals surface area contributed by atoms with Crippen LogP contribution in [0.5, 0.6) is 0 Å². The van der Waals surface area contributed by atoms with Gasteiger partial charge < -0.3 is 4.74 Å². The number of aromatic nitrogens is 2. The Hall–Kier alpha value is -1.62. The summed E-state index contributed by atoms with van der Waals surface area (Å²) in [6.07, 6.45) is 6.93. The maximum absolute atomic E-state index is 12.1. The number of esters is 1. The number of benzene rings is 1. The molecule has 3 rings (SSSR count). The summed E-state index contributed by atoms with van der Waals surface area (Å²) in [6, 6.07) is 9.83. The van der Waals surface area contributed by atoms with Crippen molar-refractivity contribution in [3.63, 3.8) is 0 Å². The first-order valence-electron chi connectivity index (χ1n) is 7.15. The Morgan fingerprint density at radius 2 is 2.29 bits per heavy atom. The minimum atomic E-state index is -0.169. The molecule has 0 unspecified atom stereocenters. The quantitative estimate of drug-likeness (QED) is 0.794. The number of hydrogen-bond donors (Lipinski definition) is 0. The summed E-state index contributed by atoms with van der Waals surface area (Å²) in [5.41, 5.74) is 0.961. The van der Waals surface area contributed by atoms with Gasteiger partial charge in [-0.3, -0.25) is 9.48 Å². The van der Waals surface area contributed by atoms with Gasteiger partial charge in [0.1, 0.15) is 6.10 Å². The van der Waals surface area contributed by atoms with Gasteiger partial charge in [0.2, 0.25) is 0 Å². The third-order valence-electron chi connectivity index (χ3n) is 3.80. The highest BCUT2D eigenvalue weighted by molar-refractivity contribution is 9.10. The van der Waals surface area contributed by atoms with E-state index in [0.717, 1.165) is 29.3 Å². The number of carbonyl (C=O) groups excluding carboxylic acids is 1. The highest BCUT2D eigenvalue weighted by Gasteiger charge is 2.32. The fraction of sp³-hybridized carbons (Fsp3) is 0.375. The average Bonchev–Trinajstić information content (AvgIpc) is 3.08. The zero-order valence-electron chi connectivity index (χ0n) is 11.6. The Labute approximate surface area is 132 Å². The van der Waals surface area contributed by atoms with Crippen LogP contribution < -0.4 is 0 Å². The molecule has 0 bridgehead atoms. The molecule has 1 aliphatic rings. The van der Waals surface area contributed by atoms with Crippen molar-refractivity contribution in [2.24, 2.45) is 0 Å². The number of carbonyl (C=O) groups is 1. The lowest BCUT2D eigenvalue weighted by Crippen LogP contribution is -2.26. The maximum Gasteiger partial charge on any atom is 0.310 e. The SMILES string of the molecule is O=C(Cc1cccc(Br)c1)O[C@@H]1CCC[C@H]1n1cccn1. The van der Waals surface area contributed by atoms with E-state index >= 15 is 0 Å². The van der Waals surface area contributed by atoms with Gasteiger partial charge in [-0.1, -0.05) is 28.1 Å². The second kappa shape index (κ2) is 6.43. The van der Waals surface area contributed by atoms with Crippen molar-refractivity contribution in [3.05, 3.63) is 52.8 Å². The Bertz CT molecular complexity index is 612. The topological polar surface area (TPSA) is 44.1 Å². The number of hydrogen-bond acceptors (Lipinski definition) is 3. The Morgan fingerprint density at radius 3 is 3.05 bits per heavy atom. The summed E-state index contributed by atoms with van der Waals surface area (Å²) < 4.78 is 8.56. The van der Waals surface area contributed by atoms with Crippen molar-refractivity contribution in [1.29, 1.82) is 0 Å². The van der Waals surface area contributed by atoms with Gasteiger partial charge >= 0.3 is 5.97 Å². The molecule has 0 N–H and O–H groups in total. The van der Waals surface area contributed by atoms with E-state index in [1.165, 1.54) is 0 Å². The van der Waals surface area contributed by atoms with Crippen LogP contribution in [-0.4, -0.2) is 21.9 Å². The molecular weight excluding hydrogens is 332 g/mol. The van der Waals surface area contributed by atoms with Crippen molar-refractivity contribution >= 4 is 21.9 Å². The van der Waals surface area contributed by atoms with Crippen LogP contribution in [0.2, 0.25) is 0 Å². The lowest BCUT2D eigenvalue weighted by atomic mass is 10.1. The number of halogens is 1. The minimum absolute atomic E-state index is 0.0652. The second-order valence-electron chi connectivity index (χ2n) is 5.32. The molecule has 0 spiro atoms. The predicted molar refractivity (Wildman–Crippen MR) is 82.8 cm³/mol. The van der Waals surface area contributed by atoms with Crippen LogP contribution in [0.3, 0.4) is 0 Å². The molecule has 0 radical (unpaired) electrons. The van der Waals surface area contributed by atoms with E-state index in [1.54, 1.807) is 6.20 Å². The maximum atomic E-state index is 12.1. The molecule has 5 heteroatoms. The molecule has 2 atom stereocenters. The van der Waals surface area contributed by atoms with E-state index in [9.17, 15) is 4.79 Å². The molecule has 21 heavy (non-hydrogen) atoms. The van der Waals surface area contributed by atoms with Crippen LogP contribution in [0.25, 0.3) is 0 Å². The number of nitrogens with zero attached hydrogens (tertiary/aromatic N) is 2. The standard InChI is InChI=1S/C16H17BrN2O2/c17-13-5-1-4-12(10-13)11-16(20)21-15-7-2-6-14(15)19-9-3-8-18-19/h1,3-5,8-10,14-15H,2,6-7,11H2/t14-,15-/m1/s1. The zero-order chi connectivity index (χ0) is 14.7. The van der Waals surface area contributed by atoms with Gasteiger partial charge in [0.15, 0.2) is 0 Å². The number of rotatable bonds is 4. The molecule has 2 aromatic rings. The minimum Gasteiger partial charge on any atom is -0.460 e. The molecular formula is C16H17BrN2O2. The summed E-state index contributed by atoms with van der Waals surface area (Å²) in [5.74, 6) is -0.169. The third-order valence-corrected chi connectivity index (χ3v) is 4.30.